The van der Waals surface area contributed by atoms with Crippen molar-refractivity contribution in [2.75, 3.05) is 0 Å². The first-order valence-electron chi connectivity index (χ1n) is 6.82. The van der Waals surface area contributed by atoms with Crippen LogP contribution in [-0.4, -0.2) is 5.11 Å². The summed E-state index contributed by atoms with van der Waals surface area (Å²) in [5, 5.41) is 10.1. The Kier molecular flexibility index (Phi) is 3.77. The highest BCUT2D eigenvalue weighted by Crippen LogP contribution is 2.31. The van der Waals surface area contributed by atoms with E-state index in [1.165, 1.54) is 16.7 Å². The molecule has 0 spiro atoms. The Morgan fingerprint density at radius 1 is 0.947 bits per heavy atom. The zero-order chi connectivity index (χ0) is 14.0. The van der Waals surface area contributed by atoms with E-state index in [0.29, 0.717) is 5.92 Å². The molecule has 2 aromatic rings. The average Bonchev–Trinajstić information content (AvgIpc) is 2.38. The largest absolute Gasteiger partial charge is 0.386 e. The van der Waals surface area contributed by atoms with E-state index < -0.39 is 5.60 Å². The minimum absolute atomic E-state index is 0.488. The average molecular weight is 254 g/mol. The summed E-state index contributed by atoms with van der Waals surface area (Å²) in [4.78, 5) is 0. The molecular weight excluding hydrogens is 232 g/mol. The van der Waals surface area contributed by atoms with Gasteiger partial charge in [-0.05, 0) is 48.1 Å². The smallest absolute Gasteiger partial charge is 0.0840 e. The molecule has 100 valence electrons. The van der Waals surface area contributed by atoms with E-state index in [4.69, 9.17) is 0 Å². The fraction of sp³-hybridized carbons (Fsp3) is 0.333. The lowest BCUT2D eigenvalue weighted by Crippen LogP contribution is -2.15. The maximum Gasteiger partial charge on any atom is 0.0840 e. The van der Waals surface area contributed by atoms with Gasteiger partial charge in [-0.2, -0.15) is 0 Å². The normalized spacial score (nSPS) is 11.9. The molecule has 1 heteroatoms. The predicted octanol–water partition coefficient (Wildman–Crippen LogP) is 4.70. The molecule has 0 unspecified atom stereocenters. The van der Waals surface area contributed by atoms with Crippen LogP contribution in [0, 0.1) is 0 Å². The molecule has 0 saturated heterocycles. The first-order valence-corrected chi connectivity index (χ1v) is 6.82. The fourth-order valence-electron chi connectivity index (χ4n) is 2.33. The molecule has 0 saturated carbocycles. The van der Waals surface area contributed by atoms with Gasteiger partial charge in [0, 0.05) is 0 Å². The van der Waals surface area contributed by atoms with Gasteiger partial charge in [0.25, 0.3) is 0 Å². The number of benzene rings is 2. The minimum Gasteiger partial charge on any atom is -0.386 e. The highest BCUT2D eigenvalue weighted by atomic mass is 16.3. The summed E-state index contributed by atoms with van der Waals surface area (Å²) in [5.74, 6) is 0.488. The van der Waals surface area contributed by atoms with E-state index >= 15 is 0 Å². The molecular formula is C18H22O. The van der Waals surface area contributed by atoms with Crippen LogP contribution in [0.4, 0.5) is 0 Å². The van der Waals surface area contributed by atoms with Crippen LogP contribution in [0.1, 0.15) is 44.7 Å². The molecule has 0 radical (unpaired) electrons. The minimum atomic E-state index is -0.803. The molecule has 0 amide bonds. The molecule has 0 bridgehead atoms. The third-order valence-corrected chi connectivity index (χ3v) is 3.46. The SMILES string of the molecule is CC(C)c1ccccc1-c1cccc(C(C)(C)O)c1. The molecule has 0 aliphatic rings. The van der Waals surface area contributed by atoms with Crippen molar-refractivity contribution in [3.8, 4) is 11.1 Å². The van der Waals surface area contributed by atoms with Crippen molar-refractivity contribution >= 4 is 0 Å². The van der Waals surface area contributed by atoms with Gasteiger partial charge in [-0.25, -0.2) is 0 Å². The molecule has 1 N–H and O–H groups in total. The zero-order valence-electron chi connectivity index (χ0n) is 12.1. The van der Waals surface area contributed by atoms with Crippen LogP contribution < -0.4 is 0 Å². The van der Waals surface area contributed by atoms with Gasteiger partial charge >= 0.3 is 0 Å². The van der Waals surface area contributed by atoms with Crippen LogP contribution in [0.3, 0.4) is 0 Å². The summed E-state index contributed by atoms with van der Waals surface area (Å²) in [6, 6.07) is 16.7. The maximum absolute atomic E-state index is 10.1. The summed E-state index contributed by atoms with van der Waals surface area (Å²) >= 11 is 0. The maximum atomic E-state index is 10.1. The Hall–Kier alpha value is -1.60. The van der Waals surface area contributed by atoms with Crippen molar-refractivity contribution in [2.24, 2.45) is 0 Å². The molecule has 1 nitrogen and oxygen atoms in total. The van der Waals surface area contributed by atoms with Crippen molar-refractivity contribution in [3.05, 3.63) is 59.7 Å². The van der Waals surface area contributed by atoms with Gasteiger partial charge in [0.15, 0.2) is 0 Å². The first-order chi connectivity index (χ1) is 8.89. The van der Waals surface area contributed by atoms with Gasteiger partial charge in [-0.1, -0.05) is 56.3 Å². The van der Waals surface area contributed by atoms with Gasteiger partial charge in [-0.15, -0.1) is 0 Å². The molecule has 0 aliphatic heterocycles. The van der Waals surface area contributed by atoms with Crippen LogP contribution in [-0.2, 0) is 5.60 Å². The Morgan fingerprint density at radius 3 is 2.26 bits per heavy atom. The standard InChI is InChI=1S/C18H22O/c1-13(2)16-10-5-6-11-17(16)14-8-7-9-15(12-14)18(3,4)19/h5-13,19H,1-4H3. The van der Waals surface area contributed by atoms with Crippen LogP contribution in [0.15, 0.2) is 48.5 Å². The van der Waals surface area contributed by atoms with E-state index in [9.17, 15) is 5.11 Å². The molecule has 0 aliphatic carbocycles. The summed E-state index contributed by atoms with van der Waals surface area (Å²) in [5.41, 5.74) is 3.91. The molecule has 2 aromatic carbocycles. The second kappa shape index (κ2) is 5.18. The number of aliphatic hydroxyl groups is 1. The van der Waals surface area contributed by atoms with Crippen LogP contribution in [0.25, 0.3) is 11.1 Å². The molecule has 0 heterocycles. The summed E-state index contributed by atoms with van der Waals surface area (Å²) in [6.07, 6.45) is 0. The second-order valence-corrected chi connectivity index (χ2v) is 5.88. The summed E-state index contributed by atoms with van der Waals surface area (Å²) < 4.78 is 0. The van der Waals surface area contributed by atoms with Crippen molar-refractivity contribution in [2.45, 2.75) is 39.2 Å². The van der Waals surface area contributed by atoms with E-state index in [-0.39, 0.29) is 0 Å². The van der Waals surface area contributed by atoms with Crippen molar-refractivity contribution in [1.82, 2.24) is 0 Å². The Labute approximate surface area is 115 Å². The number of rotatable bonds is 3. The Morgan fingerprint density at radius 2 is 1.63 bits per heavy atom. The van der Waals surface area contributed by atoms with Crippen LogP contribution in [0.2, 0.25) is 0 Å². The number of hydrogen-bond donors (Lipinski definition) is 1. The monoisotopic (exact) mass is 254 g/mol. The van der Waals surface area contributed by atoms with Crippen molar-refractivity contribution < 1.29 is 5.11 Å². The second-order valence-electron chi connectivity index (χ2n) is 5.88. The Bertz CT molecular complexity index is 562. The van der Waals surface area contributed by atoms with Gasteiger partial charge in [0.2, 0.25) is 0 Å². The van der Waals surface area contributed by atoms with Crippen molar-refractivity contribution in [1.29, 1.82) is 0 Å². The van der Waals surface area contributed by atoms with Gasteiger partial charge in [-0.3, -0.25) is 0 Å². The highest BCUT2D eigenvalue weighted by Gasteiger charge is 2.17. The van der Waals surface area contributed by atoms with Crippen molar-refractivity contribution in [3.63, 3.8) is 0 Å². The molecule has 19 heavy (non-hydrogen) atoms. The quantitative estimate of drug-likeness (QED) is 0.841. The first kappa shape index (κ1) is 13.8. The topological polar surface area (TPSA) is 20.2 Å². The third-order valence-electron chi connectivity index (χ3n) is 3.46. The lowest BCUT2D eigenvalue weighted by molar-refractivity contribution is 0.0786. The predicted molar refractivity (Wildman–Crippen MR) is 81.2 cm³/mol. The van der Waals surface area contributed by atoms with Crippen LogP contribution >= 0.6 is 0 Å². The van der Waals surface area contributed by atoms with Gasteiger partial charge in [0.1, 0.15) is 0 Å². The molecule has 2 rings (SSSR count). The summed E-state index contributed by atoms with van der Waals surface area (Å²) in [7, 11) is 0. The van der Waals surface area contributed by atoms with E-state index in [1.807, 2.05) is 26.0 Å². The summed E-state index contributed by atoms with van der Waals surface area (Å²) in [6.45, 7) is 8.05. The number of hydrogen-bond acceptors (Lipinski definition) is 1. The Balaban J connectivity index is 2.54. The lowest BCUT2D eigenvalue weighted by Gasteiger charge is -2.20. The fourth-order valence-corrected chi connectivity index (χ4v) is 2.33. The zero-order valence-corrected chi connectivity index (χ0v) is 12.1. The van der Waals surface area contributed by atoms with E-state index in [2.05, 4.69) is 50.2 Å². The van der Waals surface area contributed by atoms with Gasteiger partial charge < -0.3 is 5.11 Å². The van der Waals surface area contributed by atoms with E-state index in [0.717, 1.165) is 5.56 Å². The highest BCUT2D eigenvalue weighted by molar-refractivity contribution is 5.68. The van der Waals surface area contributed by atoms with Gasteiger partial charge in [0.05, 0.1) is 5.60 Å². The van der Waals surface area contributed by atoms with Crippen LogP contribution in [0.5, 0.6) is 0 Å². The molecule has 0 atom stereocenters. The van der Waals surface area contributed by atoms with E-state index in [1.54, 1.807) is 0 Å². The molecule has 0 fully saturated rings. The lowest BCUT2D eigenvalue weighted by atomic mass is 9.89. The molecule has 0 aromatic heterocycles. The third kappa shape index (κ3) is 3.05.